The molecule has 1 N–H and O–H groups in total. The van der Waals surface area contributed by atoms with Crippen LogP contribution in [0.1, 0.15) is 27.7 Å². The van der Waals surface area contributed by atoms with Crippen LogP contribution in [0.5, 0.6) is 0 Å². The van der Waals surface area contributed by atoms with E-state index in [4.69, 9.17) is 0 Å². The minimum Gasteiger partial charge on any atom is -0.272 e. The van der Waals surface area contributed by atoms with Gasteiger partial charge in [0, 0.05) is 17.2 Å². The molecule has 0 fully saturated rings. The molecule has 8 heteroatoms. The van der Waals surface area contributed by atoms with Crippen molar-refractivity contribution in [1.29, 1.82) is 0 Å². The van der Waals surface area contributed by atoms with Crippen LogP contribution in [0.3, 0.4) is 0 Å². The molecule has 0 aromatic heterocycles. The fourth-order valence-electron chi connectivity index (χ4n) is 1.47. The van der Waals surface area contributed by atoms with E-state index in [0.717, 1.165) is 11.6 Å². The lowest BCUT2D eigenvalue weighted by Crippen LogP contribution is -2.23. The molecule has 0 heterocycles. The summed E-state index contributed by atoms with van der Waals surface area (Å²) in [5.41, 5.74) is 3.16. The molecular formula is C14H18N4O4. The molecule has 0 saturated heterocycles. The van der Waals surface area contributed by atoms with Gasteiger partial charge in [-0.3, -0.25) is 25.7 Å². The molecule has 0 aliphatic heterocycles. The van der Waals surface area contributed by atoms with Crippen molar-refractivity contribution in [3.63, 3.8) is 0 Å². The summed E-state index contributed by atoms with van der Waals surface area (Å²) in [6, 6.07) is 3.35. The van der Waals surface area contributed by atoms with E-state index >= 15 is 0 Å². The molecule has 1 aromatic carbocycles. The van der Waals surface area contributed by atoms with E-state index in [1.165, 1.54) is 12.1 Å². The van der Waals surface area contributed by atoms with Gasteiger partial charge in [-0.2, -0.15) is 5.10 Å². The summed E-state index contributed by atoms with van der Waals surface area (Å²) in [7, 11) is 0. The van der Waals surface area contributed by atoms with Gasteiger partial charge in [0.2, 0.25) is 0 Å². The molecule has 0 unspecified atom stereocenters. The van der Waals surface area contributed by atoms with Crippen molar-refractivity contribution in [2.75, 3.05) is 5.43 Å². The number of anilines is 1. The molecule has 0 saturated carbocycles. The van der Waals surface area contributed by atoms with Crippen LogP contribution in [-0.2, 0) is 0 Å². The van der Waals surface area contributed by atoms with E-state index in [9.17, 15) is 20.2 Å². The molecule has 0 aliphatic carbocycles. The van der Waals surface area contributed by atoms with Crippen molar-refractivity contribution >= 4 is 22.8 Å². The number of nitrogens with zero attached hydrogens (tertiary/aromatic N) is 3. The molecule has 0 bridgehead atoms. The second-order valence-corrected chi connectivity index (χ2v) is 5.43. The highest BCUT2D eigenvalue weighted by molar-refractivity contribution is 5.90. The third-order valence-electron chi connectivity index (χ3n) is 3.70. The summed E-state index contributed by atoms with van der Waals surface area (Å²) in [6.07, 6.45) is 0. The second-order valence-electron chi connectivity index (χ2n) is 5.43. The van der Waals surface area contributed by atoms with Gasteiger partial charge in [-0.15, -0.1) is 0 Å². The summed E-state index contributed by atoms with van der Waals surface area (Å²) < 4.78 is 0. The molecular weight excluding hydrogens is 288 g/mol. The maximum atomic E-state index is 11.0. The lowest BCUT2D eigenvalue weighted by atomic mass is 9.82. The Labute approximate surface area is 127 Å². The second kappa shape index (κ2) is 6.33. The predicted octanol–water partition coefficient (Wildman–Crippen LogP) is 3.89. The van der Waals surface area contributed by atoms with E-state index in [-0.39, 0.29) is 16.8 Å². The highest BCUT2D eigenvalue weighted by atomic mass is 16.6. The van der Waals surface area contributed by atoms with Crippen LogP contribution in [0, 0.1) is 25.6 Å². The van der Waals surface area contributed by atoms with Crippen LogP contribution in [-0.4, -0.2) is 15.6 Å². The van der Waals surface area contributed by atoms with Crippen LogP contribution in [0.2, 0.25) is 0 Å². The van der Waals surface area contributed by atoms with Crippen LogP contribution in [0.4, 0.5) is 17.1 Å². The van der Waals surface area contributed by atoms with E-state index < -0.39 is 15.5 Å². The minimum absolute atomic E-state index is 0.0902. The van der Waals surface area contributed by atoms with Crippen LogP contribution < -0.4 is 5.43 Å². The number of nitrogens with one attached hydrogen (secondary N) is 1. The molecule has 118 valence electrons. The van der Waals surface area contributed by atoms with Gasteiger partial charge in [0.1, 0.15) is 5.69 Å². The van der Waals surface area contributed by atoms with Gasteiger partial charge in [0.25, 0.3) is 5.69 Å². The number of hydrogen-bond acceptors (Lipinski definition) is 6. The largest absolute Gasteiger partial charge is 0.301 e. The molecule has 1 rings (SSSR count). The Morgan fingerprint density at radius 3 is 2.27 bits per heavy atom. The first-order valence-corrected chi connectivity index (χ1v) is 6.47. The molecule has 0 radical (unpaired) electrons. The Bertz CT molecular complexity index is 665. The number of hydrogen-bond donors (Lipinski definition) is 1. The number of rotatable bonds is 6. The number of nitro benzene ring substituents is 2. The fraction of sp³-hybridized carbons (Fsp3) is 0.357. The maximum Gasteiger partial charge on any atom is 0.301 e. The van der Waals surface area contributed by atoms with Crippen LogP contribution in [0.25, 0.3) is 0 Å². The molecule has 0 atom stereocenters. The Morgan fingerprint density at radius 2 is 1.82 bits per heavy atom. The zero-order chi connectivity index (χ0) is 17.1. The zero-order valence-electron chi connectivity index (χ0n) is 12.9. The average Bonchev–Trinajstić information content (AvgIpc) is 2.43. The number of hydrazone groups is 1. The zero-order valence-corrected chi connectivity index (χ0v) is 12.9. The smallest absolute Gasteiger partial charge is 0.272 e. The van der Waals surface area contributed by atoms with E-state index in [1.54, 1.807) is 6.92 Å². The SMILES string of the molecule is C=C(C)C(C)(C)/C(C)=N/Nc1ccc([N+](=O)[O-])cc1[N+](=O)[O-]. The van der Waals surface area contributed by atoms with Crippen molar-refractivity contribution in [1.82, 2.24) is 0 Å². The van der Waals surface area contributed by atoms with Gasteiger partial charge in [-0.25, -0.2) is 0 Å². The van der Waals surface area contributed by atoms with Gasteiger partial charge >= 0.3 is 5.69 Å². The Morgan fingerprint density at radius 1 is 1.23 bits per heavy atom. The lowest BCUT2D eigenvalue weighted by molar-refractivity contribution is -0.393. The number of nitro groups is 2. The molecule has 8 nitrogen and oxygen atoms in total. The van der Waals surface area contributed by atoms with Gasteiger partial charge in [0.05, 0.1) is 15.9 Å². The molecule has 22 heavy (non-hydrogen) atoms. The van der Waals surface area contributed by atoms with E-state index in [2.05, 4.69) is 17.1 Å². The standard InChI is InChI=1S/C14H18N4O4/c1-9(2)14(4,5)10(3)15-16-12-7-6-11(17(19)20)8-13(12)18(21)22/h6-8,16H,1H2,2-5H3/b15-10+. The van der Waals surface area contributed by atoms with Crippen molar-refractivity contribution in [3.05, 3.63) is 50.6 Å². The Hall–Kier alpha value is -2.77. The van der Waals surface area contributed by atoms with Gasteiger partial charge in [-0.1, -0.05) is 26.0 Å². The first kappa shape index (κ1) is 17.3. The molecule has 1 aromatic rings. The average molecular weight is 306 g/mol. The van der Waals surface area contributed by atoms with E-state index in [1.807, 2.05) is 20.8 Å². The van der Waals surface area contributed by atoms with Crippen molar-refractivity contribution in [3.8, 4) is 0 Å². The predicted molar refractivity (Wildman–Crippen MR) is 85.1 cm³/mol. The maximum absolute atomic E-state index is 11.0. The monoisotopic (exact) mass is 306 g/mol. The number of non-ortho nitro benzene ring substituents is 1. The van der Waals surface area contributed by atoms with Crippen molar-refractivity contribution in [2.24, 2.45) is 10.5 Å². The van der Waals surface area contributed by atoms with Crippen molar-refractivity contribution in [2.45, 2.75) is 27.7 Å². The summed E-state index contributed by atoms with van der Waals surface area (Å²) in [5, 5.41) is 25.8. The Balaban J connectivity index is 3.16. The first-order valence-electron chi connectivity index (χ1n) is 6.47. The first-order chi connectivity index (χ1) is 10.1. The lowest BCUT2D eigenvalue weighted by Gasteiger charge is -2.24. The fourth-order valence-corrected chi connectivity index (χ4v) is 1.47. The Kier molecular flexibility index (Phi) is 4.98. The van der Waals surface area contributed by atoms with Crippen LogP contribution in [0.15, 0.2) is 35.5 Å². The van der Waals surface area contributed by atoms with Crippen LogP contribution >= 0.6 is 0 Å². The minimum atomic E-state index is -0.690. The summed E-state index contributed by atoms with van der Waals surface area (Å²) in [4.78, 5) is 20.3. The summed E-state index contributed by atoms with van der Waals surface area (Å²) in [5.74, 6) is 0. The highest BCUT2D eigenvalue weighted by Gasteiger charge is 2.23. The van der Waals surface area contributed by atoms with Gasteiger partial charge in [-0.05, 0) is 19.9 Å². The van der Waals surface area contributed by atoms with E-state index in [0.29, 0.717) is 5.71 Å². The molecule has 0 amide bonds. The van der Waals surface area contributed by atoms with Gasteiger partial charge in [0.15, 0.2) is 0 Å². The molecule has 0 spiro atoms. The topological polar surface area (TPSA) is 111 Å². The third-order valence-corrected chi connectivity index (χ3v) is 3.70. The third kappa shape index (κ3) is 3.66. The number of benzene rings is 1. The van der Waals surface area contributed by atoms with Gasteiger partial charge < -0.3 is 0 Å². The van der Waals surface area contributed by atoms with Crippen molar-refractivity contribution < 1.29 is 9.85 Å². The summed E-state index contributed by atoms with van der Waals surface area (Å²) in [6.45, 7) is 11.4. The summed E-state index contributed by atoms with van der Waals surface area (Å²) >= 11 is 0. The number of allylic oxidation sites excluding steroid dienone is 1. The molecule has 0 aliphatic rings. The highest BCUT2D eigenvalue weighted by Crippen LogP contribution is 2.30. The normalized spacial score (nSPS) is 11.9. The quantitative estimate of drug-likeness (QED) is 0.371.